The zero-order chi connectivity index (χ0) is 30.1. The van der Waals surface area contributed by atoms with Crippen molar-refractivity contribution in [3.63, 3.8) is 0 Å². The summed E-state index contributed by atoms with van der Waals surface area (Å²) >= 11 is 0. The lowest BCUT2D eigenvalue weighted by Crippen LogP contribution is -2.51. The van der Waals surface area contributed by atoms with Gasteiger partial charge in [-0.1, -0.05) is 80.1 Å². The van der Waals surface area contributed by atoms with Crippen molar-refractivity contribution in [3.05, 3.63) is 71.8 Å². The van der Waals surface area contributed by atoms with Crippen LogP contribution in [0, 0.1) is 12.8 Å². The van der Waals surface area contributed by atoms with Gasteiger partial charge in [-0.25, -0.2) is 0 Å². The summed E-state index contributed by atoms with van der Waals surface area (Å²) in [6, 6.07) is 18.8. The third-order valence-electron chi connectivity index (χ3n) is 5.68. The molecule has 4 amide bonds. The second-order valence-corrected chi connectivity index (χ2v) is 12.7. The number of aryl methyl sites for hydroxylation is 1. The van der Waals surface area contributed by atoms with Gasteiger partial charge >= 0.3 is 0 Å². The van der Waals surface area contributed by atoms with Crippen molar-refractivity contribution >= 4 is 31.3 Å². The molecule has 0 aliphatic heterocycles. The maximum Gasteiger partial charge on any atom is 0.242 e. The Morgan fingerprint density at radius 3 is 1.98 bits per heavy atom. The number of nitrogens with two attached hydrogens (primary N) is 1. The molecule has 0 saturated heterocycles. The lowest BCUT2D eigenvalue weighted by molar-refractivity contribution is -0.128. The summed E-state index contributed by atoms with van der Waals surface area (Å²) in [5, 5.41) is 11.0. The van der Waals surface area contributed by atoms with Crippen LogP contribution in [-0.4, -0.2) is 67.4 Å². The molecule has 6 N–H and O–H groups in total. The van der Waals surface area contributed by atoms with E-state index in [1.807, 2.05) is 82.9 Å². The van der Waals surface area contributed by atoms with Crippen LogP contribution in [0.4, 0.5) is 4.79 Å². The minimum absolute atomic E-state index is 0.0689. The Hall–Kier alpha value is -3.29. The highest BCUT2D eigenvalue weighted by molar-refractivity contribution is 7.74. The lowest BCUT2D eigenvalue weighted by atomic mass is 10.1. The lowest BCUT2D eigenvalue weighted by Gasteiger charge is -2.29. The Balaban J connectivity index is 0.000000985. The number of amides is 4. The summed E-state index contributed by atoms with van der Waals surface area (Å²) in [5.41, 5.74) is 6.90. The maximum atomic E-state index is 12.5. The first-order chi connectivity index (χ1) is 18.8. The van der Waals surface area contributed by atoms with Crippen LogP contribution >= 0.6 is 7.92 Å². The summed E-state index contributed by atoms with van der Waals surface area (Å²) in [6.45, 7) is 11.6. The first-order valence-corrected chi connectivity index (χ1v) is 15.5. The zero-order valence-electron chi connectivity index (χ0n) is 24.6. The monoisotopic (exact) mass is 571 g/mol. The van der Waals surface area contributed by atoms with Crippen molar-refractivity contribution < 1.29 is 19.2 Å². The molecule has 0 spiro atoms. The minimum Gasteiger partial charge on any atom is -0.353 e. The SMILES string of the molecule is CC(C)C(=O)NC(C)(C)CP(C)C(=O)NCC(=O)NC(Cc1ccccc1)C(=O)NCCN.Cc1ccccc1. The third kappa shape index (κ3) is 14.8. The van der Waals surface area contributed by atoms with Gasteiger partial charge in [-0.05, 0) is 47.1 Å². The van der Waals surface area contributed by atoms with Crippen molar-refractivity contribution in [1.29, 1.82) is 0 Å². The number of hydrogen-bond donors (Lipinski definition) is 5. The van der Waals surface area contributed by atoms with E-state index >= 15 is 0 Å². The number of rotatable bonds is 13. The Kier molecular flexibility index (Phi) is 15.7. The zero-order valence-corrected chi connectivity index (χ0v) is 25.5. The van der Waals surface area contributed by atoms with E-state index in [9.17, 15) is 19.2 Å². The van der Waals surface area contributed by atoms with Gasteiger partial charge in [0.25, 0.3) is 0 Å². The van der Waals surface area contributed by atoms with E-state index in [-0.39, 0.29) is 29.9 Å². The maximum absolute atomic E-state index is 12.5. The molecule has 0 heterocycles. The Morgan fingerprint density at radius 1 is 0.900 bits per heavy atom. The molecule has 0 bridgehead atoms. The average Bonchev–Trinajstić information content (AvgIpc) is 2.90. The Morgan fingerprint density at radius 2 is 1.48 bits per heavy atom. The van der Waals surface area contributed by atoms with Crippen molar-refractivity contribution in [3.8, 4) is 0 Å². The summed E-state index contributed by atoms with van der Waals surface area (Å²) < 4.78 is 0. The van der Waals surface area contributed by atoms with Gasteiger partial charge in [0.2, 0.25) is 23.4 Å². The molecule has 40 heavy (non-hydrogen) atoms. The molecule has 9 nitrogen and oxygen atoms in total. The van der Waals surface area contributed by atoms with Crippen molar-refractivity contribution in [2.75, 3.05) is 32.5 Å². The minimum atomic E-state index is -1.13. The molecule has 2 unspecified atom stereocenters. The Labute approximate surface area is 240 Å². The van der Waals surface area contributed by atoms with E-state index in [0.717, 1.165) is 5.56 Å². The summed E-state index contributed by atoms with van der Waals surface area (Å²) in [7, 11) is -1.13. The van der Waals surface area contributed by atoms with Gasteiger partial charge in [0, 0.05) is 31.0 Å². The molecule has 0 saturated carbocycles. The number of nitrogens with one attached hydrogen (secondary N) is 4. The molecule has 220 valence electrons. The predicted molar refractivity (Wildman–Crippen MR) is 163 cm³/mol. The Bertz CT molecular complexity index is 1060. The standard InChI is InChI=1S/C23H38N5O4P.C7H8/c1-16(2)20(30)28-23(3,4)15-33(5)22(32)26-14-19(29)27-18(21(31)25-12-11-24)13-17-9-7-6-8-10-17;1-7-5-3-2-4-6-7/h6-10,16,18H,11-15,24H2,1-5H3,(H,25,31)(H,26,32)(H,27,29)(H,28,30);2-6H,1H3. The molecule has 0 radical (unpaired) electrons. The van der Waals surface area contributed by atoms with Gasteiger partial charge in [0.1, 0.15) is 6.04 Å². The van der Waals surface area contributed by atoms with Gasteiger partial charge in [-0.3, -0.25) is 19.2 Å². The molecule has 2 aromatic carbocycles. The van der Waals surface area contributed by atoms with E-state index in [0.29, 0.717) is 25.7 Å². The van der Waals surface area contributed by atoms with Gasteiger partial charge in [0.15, 0.2) is 0 Å². The predicted octanol–water partition coefficient (Wildman–Crippen LogP) is 3.16. The second kappa shape index (κ2) is 18.1. The van der Waals surface area contributed by atoms with Crippen LogP contribution in [-0.2, 0) is 20.8 Å². The van der Waals surface area contributed by atoms with Crippen molar-refractivity contribution in [1.82, 2.24) is 21.3 Å². The average molecular weight is 572 g/mol. The quantitative estimate of drug-likeness (QED) is 0.235. The molecule has 0 aliphatic rings. The molecule has 0 aromatic heterocycles. The van der Waals surface area contributed by atoms with E-state index in [1.165, 1.54) is 5.56 Å². The molecule has 10 heteroatoms. The smallest absolute Gasteiger partial charge is 0.242 e. The van der Waals surface area contributed by atoms with Crippen molar-refractivity contribution in [2.45, 2.75) is 52.6 Å². The first-order valence-electron chi connectivity index (χ1n) is 13.5. The van der Waals surface area contributed by atoms with E-state index < -0.39 is 25.4 Å². The molecule has 2 aromatic rings. The largest absolute Gasteiger partial charge is 0.353 e. The molecular weight excluding hydrogens is 525 g/mol. The van der Waals surface area contributed by atoms with Gasteiger partial charge < -0.3 is 27.0 Å². The van der Waals surface area contributed by atoms with Gasteiger partial charge in [0.05, 0.1) is 6.54 Å². The normalized spacial score (nSPS) is 12.3. The molecule has 2 atom stereocenters. The second-order valence-electron chi connectivity index (χ2n) is 10.6. The van der Waals surface area contributed by atoms with Crippen molar-refractivity contribution in [2.24, 2.45) is 11.7 Å². The highest BCUT2D eigenvalue weighted by atomic mass is 31.1. The molecular formula is C30H46N5O4P. The summed E-state index contributed by atoms with van der Waals surface area (Å²) in [5.74, 6) is -0.997. The van der Waals surface area contributed by atoms with Crippen LogP contribution in [0.25, 0.3) is 0 Å². The molecule has 0 fully saturated rings. The van der Waals surface area contributed by atoms with Crippen LogP contribution in [0.5, 0.6) is 0 Å². The van der Waals surface area contributed by atoms with Crippen LogP contribution in [0.2, 0.25) is 0 Å². The summed E-state index contributed by atoms with van der Waals surface area (Å²) in [6.07, 6.45) is 0.799. The van der Waals surface area contributed by atoms with E-state index in [4.69, 9.17) is 5.73 Å². The third-order valence-corrected chi connectivity index (χ3v) is 7.80. The van der Waals surface area contributed by atoms with Crippen LogP contribution in [0.15, 0.2) is 60.7 Å². The molecule has 0 aliphatic carbocycles. The fourth-order valence-corrected chi connectivity index (χ4v) is 5.39. The van der Waals surface area contributed by atoms with Crippen LogP contribution in [0.1, 0.15) is 38.8 Å². The highest BCUT2D eigenvalue weighted by Crippen LogP contribution is 2.35. The first kappa shape index (κ1) is 34.7. The van der Waals surface area contributed by atoms with E-state index in [2.05, 4.69) is 40.3 Å². The fraction of sp³-hybridized carbons (Fsp3) is 0.467. The number of benzene rings is 2. The summed E-state index contributed by atoms with van der Waals surface area (Å²) in [4.78, 5) is 49.5. The fourth-order valence-electron chi connectivity index (χ4n) is 3.63. The van der Waals surface area contributed by atoms with Gasteiger partial charge in [-0.15, -0.1) is 0 Å². The highest BCUT2D eigenvalue weighted by Gasteiger charge is 2.28. The van der Waals surface area contributed by atoms with E-state index in [1.54, 1.807) is 0 Å². The number of hydrogen-bond acceptors (Lipinski definition) is 5. The number of carbonyl (C=O) groups is 4. The molecule has 2 rings (SSSR count). The van der Waals surface area contributed by atoms with Gasteiger partial charge in [-0.2, -0.15) is 0 Å². The topological polar surface area (TPSA) is 142 Å². The van der Waals surface area contributed by atoms with Crippen LogP contribution in [0.3, 0.4) is 0 Å². The van der Waals surface area contributed by atoms with Crippen LogP contribution < -0.4 is 27.0 Å². The number of carbonyl (C=O) groups excluding carboxylic acids is 4.